The van der Waals surface area contributed by atoms with Crippen molar-refractivity contribution in [1.29, 1.82) is 0 Å². The third-order valence-corrected chi connectivity index (χ3v) is 6.36. The van der Waals surface area contributed by atoms with Gasteiger partial charge in [0, 0.05) is 48.5 Å². The van der Waals surface area contributed by atoms with Gasteiger partial charge < -0.3 is 10.2 Å². The van der Waals surface area contributed by atoms with E-state index in [1.54, 1.807) is 22.2 Å². The Morgan fingerprint density at radius 3 is 2.77 bits per heavy atom. The maximum Gasteiger partial charge on any atom is 0.226 e. The van der Waals surface area contributed by atoms with Crippen LogP contribution >= 0.6 is 11.3 Å². The zero-order valence-electron chi connectivity index (χ0n) is 18.1. The second kappa shape index (κ2) is 8.63. The first-order valence-corrected chi connectivity index (χ1v) is 11.3. The van der Waals surface area contributed by atoms with Crippen LogP contribution < -0.4 is 5.32 Å². The first kappa shape index (κ1) is 21.2. The number of amides is 2. The van der Waals surface area contributed by atoms with Crippen LogP contribution in [0.25, 0.3) is 5.82 Å². The highest BCUT2D eigenvalue weighted by Crippen LogP contribution is 2.26. The number of nitrogens with zero attached hydrogens (tertiary/aromatic N) is 4. The maximum absolute atomic E-state index is 12.7. The van der Waals surface area contributed by atoms with Crippen LogP contribution in [0.3, 0.4) is 0 Å². The lowest BCUT2D eigenvalue weighted by molar-refractivity contribution is -0.133. The van der Waals surface area contributed by atoms with Gasteiger partial charge >= 0.3 is 0 Å². The summed E-state index contributed by atoms with van der Waals surface area (Å²) in [5.41, 5.74) is 1.90. The largest absolute Gasteiger partial charge is 0.338 e. The molecule has 1 aliphatic heterocycles. The molecule has 0 saturated carbocycles. The molecule has 8 heteroatoms. The van der Waals surface area contributed by atoms with E-state index in [-0.39, 0.29) is 30.1 Å². The predicted molar refractivity (Wildman–Crippen MR) is 121 cm³/mol. The first-order valence-electron chi connectivity index (χ1n) is 10.5. The molecule has 1 aliphatic rings. The fourth-order valence-corrected chi connectivity index (χ4v) is 4.43. The number of pyridine rings is 1. The highest BCUT2D eigenvalue weighted by Gasteiger charge is 2.24. The molecule has 0 aliphatic carbocycles. The van der Waals surface area contributed by atoms with Gasteiger partial charge in [0.25, 0.3) is 0 Å². The van der Waals surface area contributed by atoms with E-state index in [4.69, 9.17) is 0 Å². The quantitative estimate of drug-likeness (QED) is 0.656. The topological polar surface area (TPSA) is 80.1 Å². The molecule has 4 heterocycles. The molecule has 0 aromatic carbocycles. The van der Waals surface area contributed by atoms with Gasteiger partial charge in [-0.25, -0.2) is 4.98 Å². The molecule has 3 aromatic rings. The molecule has 7 nitrogen and oxygen atoms in total. The Balaban J connectivity index is 1.41. The third-order valence-electron chi connectivity index (χ3n) is 5.34. The maximum atomic E-state index is 12.7. The van der Waals surface area contributed by atoms with Gasteiger partial charge in [0.05, 0.1) is 5.69 Å². The van der Waals surface area contributed by atoms with Crippen LogP contribution in [0, 0.1) is 0 Å². The van der Waals surface area contributed by atoms with Gasteiger partial charge in [-0.3, -0.25) is 9.59 Å². The smallest absolute Gasteiger partial charge is 0.226 e. The SMILES string of the molecule is CC(C)(C)c1cc(NC(=O)CCC(=O)N2CCc3sccc3C2)n(-c2ccccn2)n1. The van der Waals surface area contributed by atoms with E-state index in [0.717, 1.165) is 18.7 Å². The van der Waals surface area contributed by atoms with Crippen molar-refractivity contribution in [1.82, 2.24) is 19.7 Å². The van der Waals surface area contributed by atoms with E-state index in [1.807, 2.05) is 29.2 Å². The van der Waals surface area contributed by atoms with E-state index >= 15 is 0 Å². The zero-order chi connectivity index (χ0) is 22.0. The number of hydrogen-bond acceptors (Lipinski definition) is 5. The number of thiophene rings is 1. The first-order chi connectivity index (χ1) is 14.8. The number of hydrogen-bond donors (Lipinski definition) is 1. The van der Waals surface area contributed by atoms with Crippen molar-refractivity contribution in [3.8, 4) is 5.82 Å². The Bertz CT molecular complexity index is 1080. The lowest BCUT2D eigenvalue weighted by Crippen LogP contribution is -2.35. The number of nitrogens with one attached hydrogen (secondary N) is 1. The van der Waals surface area contributed by atoms with Crippen molar-refractivity contribution in [2.75, 3.05) is 11.9 Å². The molecule has 2 amide bonds. The van der Waals surface area contributed by atoms with Crippen molar-refractivity contribution < 1.29 is 9.59 Å². The Hall–Kier alpha value is -3.00. The monoisotopic (exact) mass is 437 g/mol. The van der Waals surface area contributed by atoms with Gasteiger partial charge in [-0.15, -0.1) is 11.3 Å². The molecule has 0 bridgehead atoms. The zero-order valence-corrected chi connectivity index (χ0v) is 18.9. The molecule has 31 heavy (non-hydrogen) atoms. The molecule has 4 rings (SSSR count). The molecule has 0 saturated heterocycles. The minimum Gasteiger partial charge on any atom is -0.338 e. The van der Waals surface area contributed by atoms with Crippen LogP contribution in [-0.4, -0.2) is 38.0 Å². The molecule has 162 valence electrons. The average molecular weight is 438 g/mol. The van der Waals surface area contributed by atoms with Gasteiger partial charge in [0.1, 0.15) is 5.82 Å². The molecule has 3 aromatic heterocycles. The molecule has 0 spiro atoms. The van der Waals surface area contributed by atoms with Crippen molar-refractivity contribution in [3.05, 3.63) is 58.0 Å². The number of carbonyl (C=O) groups excluding carboxylic acids is 2. The highest BCUT2D eigenvalue weighted by molar-refractivity contribution is 7.10. The van der Waals surface area contributed by atoms with Crippen LogP contribution in [0.1, 0.15) is 49.7 Å². The van der Waals surface area contributed by atoms with Crippen molar-refractivity contribution in [2.45, 2.75) is 52.0 Å². The Labute approximate surface area is 186 Å². The fourth-order valence-electron chi connectivity index (χ4n) is 3.54. The molecule has 0 unspecified atom stereocenters. The average Bonchev–Trinajstić information content (AvgIpc) is 3.39. The molecule has 0 radical (unpaired) electrons. The lowest BCUT2D eigenvalue weighted by atomic mass is 9.92. The summed E-state index contributed by atoms with van der Waals surface area (Å²) in [7, 11) is 0. The minimum absolute atomic E-state index is 0.0145. The van der Waals surface area contributed by atoms with Gasteiger partial charge in [0.2, 0.25) is 11.8 Å². The summed E-state index contributed by atoms with van der Waals surface area (Å²) in [5.74, 6) is 0.992. The molecular weight excluding hydrogens is 410 g/mol. The van der Waals surface area contributed by atoms with Gasteiger partial charge in [-0.1, -0.05) is 26.8 Å². The van der Waals surface area contributed by atoms with E-state index in [2.05, 4.69) is 47.6 Å². The Morgan fingerprint density at radius 2 is 2.03 bits per heavy atom. The van der Waals surface area contributed by atoms with Crippen LogP contribution in [0.2, 0.25) is 0 Å². The standard InChI is InChI=1S/C23H27N5O2S/c1-23(2,3)18-14-20(28(26-18)19-6-4-5-11-24-19)25-21(29)7-8-22(30)27-12-9-17-16(15-27)10-13-31-17/h4-6,10-11,13-14H,7-9,12,15H2,1-3H3,(H,25,29). The number of carbonyl (C=O) groups is 2. The number of rotatable bonds is 5. The van der Waals surface area contributed by atoms with Crippen molar-refractivity contribution in [3.63, 3.8) is 0 Å². The summed E-state index contributed by atoms with van der Waals surface area (Å²) < 4.78 is 1.64. The summed E-state index contributed by atoms with van der Waals surface area (Å²) in [6.07, 6.45) is 2.90. The molecule has 1 N–H and O–H groups in total. The summed E-state index contributed by atoms with van der Waals surface area (Å²) in [6.45, 7) is 7.57. The van der Waals surface area contributed by atoms with Gasteiger partial charge in [-0.2, -0.15) is 9.78 Å². The highest BCUT2D eigenvalue weighted by atomic mass is 32.1. The minimum atomic E-state index is -0.209. The lowest BCUT2D eigenvalue weighted by Gasteiger charge is -2.27. The van der Waals surface area contributed by atoms with Crippen LogP contribution in [0.4, 0.5) is 5.82 Å². The van der Waals surface area contributed by atoms with Crippen molar-refractivity contribution in [2.24, 2.45) is 0 Å². The van der Waals surface area contributed by atoms with E-state index in [9.17, 15) is 9.59 Å². The summed E-state index contributed by atoms with van der Waals surface area (Å²) >= 11 is 1.75. The summed E-state index contributed by atoms with van der Waals surface area (Å²) in [4.78, 5) is 32.8. The third kappa shape index (κ3) is 4.85. The van der Waals surface area contributed by atoms with E-state index < -0.39 is 0 Å². The van der Waals surface area contributed by atoms with Crippen LogP contribution in [-0.2, 0) is 28.0 Å². The van der Waals surface area contributed by atoms with Gasteiger partial charge in [0.15, 0.2) is 5.82 Å². The Kier molecular flexibility index (Phi) is 5.91. The van der Waals surface area contributed by atoms with Crippen LogP contribution in [0.5, 0.6) is 0 Å². The predicted octanol–water partition coefficient (Wildman–Crippen LogP) is 3.93. The fraction of sp³-hybridized carbons (Fsp3) is 0.391. The number of fused-ring (bicyclic) bond motifs is 1. The summed E-state index contributed by atoms with van der Waals surface area (Å²) in [5, 5.41) is 9.65. The molecular formula is C23H27N5O2S. The normalized spacial score (nSPS) is 13.7. The van der Waals surface area contributed by atoms with E-state index in [0.29, 0.717) is 18.2 Å². The number of aromatic nitrogens is 3. The summed E-state index contributed by atoms with van der Waals surface area (Å²) in [6, 6.07) is 9.51. The second-order valence-corrected chi connectivity index (χ2v) is 9.75. The van der Waals surface area contributed by atoms with Crippen molar-refractivity contribution >= 4 is 29.0 Å². The second-order valence-electron chi connectivity index (χ2n) is 8.75. The van der Waals surface area contributed by atoms with Gasteiger partial charge in [-0.05, 0) is 35.6 Å². The molecule has 0 fully saturated rings. The molecule has 0 atom stereocenters. The Morgan fingerprint density at radius 1 is 1.19 bits per heavy atom. The number of anilines is 1. The van der Waals surface area contributed by atoms with E-state index in [1.165, 1.54) is 10.4 Å². The van der Waals surface area contributed by atoms with Crippen LogP contribution in [0.15, 0.2) is 41.9 Å².